The van der Waals surface area contributed by atoms with E-state index in [9.17, 15) is 4.79 Å². The Hall–Kier alpha value is -1.17. The second-order valence-corrected chi connectivity index (χ2v) is 6.00. The number of hydrogen-bond donors (Lipinski definition) is 0. The van der Waals surface area contributed by atoms with Crippen molar-refractivity contribution in [1.29, 1.82) is 0 Å². The van der Waals surface area contributed by atoms with E-state index < -0.39 is 7.92 Å². The highest BCUT2D eigenvalue weighted by Gasteiger charge is 2.20. The second kappa shape index (κ2) is 5.95. The first-order valence-electron chi connectivity index (χ1n) is 5.32. The molecule has 0 bridgehead atoms. The molecule has 0 amide bonds. The van der Waals surface area contributed by atoms with Gasteiger partial charge in [-0.1, -0.05) is 60.7 Å². The fourth-order valence-electron chi connectivity index (χ4n) is 1.65. The molecule has 0 spiro atoms. The maximum Gasteiger partial charge on any atom is 0.177 e. The first-order valence-corrected chi connectivity index (χ1v) is 7.19. The van der Waals surface area contributed by atoms with Gasteiger partial charge in [-0.15, -0.1) is 11.6 Å². The van der Waals surface area contributed by atoms with Crippen molar-refractivity contribution in [3.8, 4) is 0 Å². The lowest BCUT2D eigenvalue weighted by molar-refractivity contribution is -0.109. The summed E-state index contributed by atoms with van der Waals surface area (Å²) in [5.74, 6) is 0.0650. The Labute approximate surface area is 107 Å². The molecule has 0 atom stereocenters. The lowest BCUT2D eigenvalue weighted by atomic mass is 10.4. The van der Waals surface area contributed by atoms with Crippen molar-refractivity contribution in [3.05, 3.63) is 60.7 Å². The summed E-state index contributed by atoms with van der Waals surface area (Å²) < 4.78 is 0. The van der Waals surface area contributed by atoms with Gasteiger partial charge in [0.2, 0.25) is 0 Å². The summed E-state index contributed by atoms with van der Waals surface area (Å²) in [4.78, 5) is 12.0. The van der Waals surface area contributed by atoms with Crippen LogP contribution in [0.5, 0.6) is 0 Å². The van der Waals surface area contributed by atoms with Gasteiger partial charge in [0.15, 0.2) is 5.52 Å². The maximum atomic E-state index is 12.0. The van der Waals surface area contributed by atoms with Gasteiger partial charge >= 0.3 is 0 Å². The number of rotatable bonds is 4. The molecular weight excluding hydrogens is 251 g/mol. The van der Waals surface area contributed by atoms with Crippen LogP contribution in [-0.4, -0.2) is 11.4 Å². The van der Waals surface area contributed by atoms with Crippen LogP contribution in [0.1, 0.15) is 0 Å². The van der Waals surface area contributed by atoms with E-state index in [-0.39, 0.29) is 11.4 Å². The Balaban J connectivity index is 2.43. The van der Waals surface area contributed by atoms with Gasteiger partial charge in [-0.3, -0.25) is 4.79 Å². The van der Waals surface area contributed by atoms with Gasteiger partial charge in [0, 0.05) is 7.92 Å². The van der Waals surface area contributed by atoms with Crippen LogP contribution in [-0.2, 0) is 4.79 Å². The lowest BCUT2D eigenvalue weighted by Gasteiger charge is -2.15. The summed E-state index contributed by atoms with van der Waals surface area (Å²) in [7, 11) is -0.983. The van der Waals surface area contributed by atoms with Crippen LogP contribution >= 0.6 is 19.5 Å². The van der Waals surface area contributed by atoms with E-state index in [2.05, 4.69) is 0 Å². The zero-order valence-corrected chi connectivity index (χ0v) is 10.9. The summed E-state index contributed by atoms with van der Waals surface area (Å²) in [5, 5.41) is 2.11. The Morgan fingerprint density at radius 3 is 1.65 bits per heavy atom. The summed E-state index contributed by atoms with van der Waals surface area (Å²) in [6.45, 7) is 0. The molecule has 0 aliphatic heterocycles. The van der Waals surface area contributed by atoms with E-state index in [1.807, 2.05) is 60.7 Å². The number of carbonyl (C=O) groups is 1. The normalized spacial score (nSPS) is 10.5. The largest absolute Gasteiger partial charge is 0.293 e. The standard InChI is InChI=1S/C14H12ClOP/c15-11-14(16)17(12-7-3-1-4-8-12)13-9-5-2-6-10-13/h1-10H,11H2. The second-order valence-electron chi connectivity index (χ2n) is 3.53. The van der Waals surface area contributed by atoms with E-state index >= 15 is 0 Å². The molecule has 0 saturated carbocycles. The zero-order valence-electron chi connectivity index (χ0n) is 9.21. The third-order valence-electron chi connectivity index (χ3n) is 2.39. The van der Waals surface area contributed by atoms with Gasteiger partial charge in [-0.25, -0.2) is 0 Å². The van der Waals surface area contributed by atoms with Crippen LogP contribution in [0.25, 0.3) is 0 Å². The highest BCUT2D eigenvalue weighted by molar-refractivity contribution is 7.88. The molecule has 17 heavy (non-hydrogen) atoms. The maximum absolute atomic E-state index is 12.0. The molecule has 0 fully saturated rings. The monoisotopic (exact) mass is 262 g/mol. The number of hydrogen-bond acceptors (Lipinski definition) is 1. The van der Waals surface area contributed by atoms with Gasteiger partial charge in [-0.2, -0.15) is 0 Å². The predicted octanol–water partition coefficient (Wildman–Crippen LogP) is 2.88. The molecule has 0 unspecified atom stereocenters. The third kappa shape index (κ3) is 2.94. The Morgan fingerprint density at radius 1 is 0.882 bits per heavy atom. The molecular formula is C14H12ClOP. The Kier molecular flexibility index (Phi) is 4.30. The molecule has 2 aromatic rings. The topological polar surface area (TPSA) is 17.1 Å². The minimum atomic E-state index is -0.983. The fraction of sp³-hybridized carbons (Fsp3) is 0.0714. The van der Waals surface area contributed by atoms with Gasteiger partial charge in [0.1, 0.15) is 0 Å². The van der Waals surface area contributed by atoms with Crippen LogP contribution in [0.3, 0.4) is 0 Å². The van der Waals surface area contributed by atoms with Crippen molar-refractivity contribution >= 4 is 35.7 Å². The molecule has 0 heterocycles. The SMILES string of the molecule is O=C(CCl)P(c1ccccc1)c1ccccc1. The molecule has 0 aromatic heterocycles. The summed E-state index contributed by atoms with van der Waals surface area (Å²) in [5.41, 5.74) is 0.0964. The van der Waals surface area contributed by atoms with Crippen molar-refractivity contribution < 1.29 is 4.79 Å². The minimum absolute atomic E-state index is 0.0650. The highest BCUT2D eigenvalue weighted by atomic mass is 35.5. The van der Waals surface area contributed by atoms with E-state index in [0.29, 0.717) is 0 Å². The average molecular weight is 263 g/mol. The van der Waals surface area contributed by atoms with Crippen molar-refractivity contribution in [2.45, 2.75) is 0 Å². The number of halogens is 1. The summed E-state index contributed by atoms with van der Waals surface area (Å²) in [6.07, 6.45) is 0. The molecule has 0 N–H and O–H groups in total. The molecule has 0 saturated heterocycles. The van der Waals surface area contributed by atoms with Crippen LogP contribution in [0, 0.1) is 0 Å². The molecule has 0 radical (unpaired) electrons. The number of carbonyl (C=O) groups excluding carboxylic acids is 1. The molecule has 1 nitrogen and oxygen atoms in total. The third-order valence-corrected chi connectivity index (χ3v) is 5.11. The van der Waals surface area contributed by atoms with Crippen LogP contribution in [0.15, 0.2) is 60.7 Å². The Morgan fingerprint density at radius 2 is 1.29 bits per heavy atom. The summed E-state index contributed by atoms with van der Waals surface area (Å²) in [6, 6.07) is 19.7. The van der Waals surface area contributed by atoms with Crippen molar-refractivity contribution in [1.82, 2.24) is 0 Å². The van der Waals surface area contributed by atoms with Crippen molar-refractivity contribution in [2.24, 2.45) is 0 Å². The zero-order chi connectivity index (χ0) is 12.1. The van der Waals surface area contributed by atoms with Crippen molar-refractivity contribution in [3.63, 3.8) is 0 Å². The van der Waals surface area contributed by atoms with E-state index in [0.717, 1.165) is 10.6 Å². The van der Waals surface area contributed by atoms with E-state index in [1.54, 1.807) is 0 Å². The van der Waals surface area contributed by atoms with Gasteiger partial charge in [-0.05, 0) is 10.6 Å². The van der Waals surface area contributed by atoms with Crippen LogP contribution in [0.4, 0.5) is 0 Å². The average Bonchev–Trinajstić information content (AvgIpc) is 2.41. The van der Waals surface area contributed by atoms with Crippen LogP contribution < -0.4 is 10.6 Å². The lowest BCUT2D eigenvalue weighted by Crippen LogP contribution is -2.18. The highest BCUT2D eigenvalue weighted by Crippen LogP contribution is 2.34. The molecule has 2 aromatic carbocycles. The van der Waals surface area contributed by atoms with E-state index in [1.165, 1.54) is 0 Å². The quantitative estimate of drug-likeness (QED) is 0.612. The molecule has 0 aliphatic rings. The molecule has 2 rings (SSSR count). The first-order chi connectivity index (χ1) is 8.33. The van der Waals surface area contributed by atoms with Crippen LogP contribution in [0.2, 0.25) is 0 Å². The number of benzene rings is 2. The predicted molar refractivity (Wildman–Crippen MR) is 74.8 cm³/mol. The smallest absolute Gasteiger partial charge is 0.177 e. The fourth-order valence-corrected chi connectivity index (χ4v) is 3.94. The number of alkyl halides is 1. The summed E-state index contributed by atoms with van der Waals surface area (Å²) >= 11 is 5.71. The van der Waals surface area contributed by atoms with Gasteiger partial charge < -0.3 is 0 Å². The van der Waals surface area contributed by atoms with E-state index in [4.69, 9.17) is 11.6 Å². The molecule has 86 valence electrons. The minimum Gasteiger partial charge on any atom is -0.293 e. The van der Waals surface area contributed by atoms with Gasteiger partial charge in [0.05, 0.1) is 5.88 Å². The Bertz CT molecular complexity index is 445. The molecule has 3 heteroatoms. The van der Waals surface area contributed by atoms with Crippen molar-refractivity contribution in [2.75, 3.05) is 5.88 Å². The first kappa shape index (κ1) is 12.3. The molecule has 0 aliphatic carbocycles. The van der Waals surface area contributed by atoms with Gasteiger partial charge in [0.25, 0.3) is 0 Å².